The van der Waals surface area contributed by atoms with Crippen LogP contribution in [-0.2, 0) is 11.2 Å². The first-order valence-corrected chi connectivity index (χ1v) is 13.7. The van der Waals surface area contributed by atoms with Gasteiger partial charge in [-0.3, -0.25) is 14.2 Å². The minimum absolute atomic E-state index is 0.0474. The van der Waals surface area contributed by atoms with E-state index in [1.807, 2.05) is 19.1 Å². The molecule has 1 heterocycles. The lowest BCUT2D eigenvalue weighted by Gasteiger charge is -2.16. The highest BCUT2D eigenvalue weighted by molar-refractivity contribution is 8.00. The van der Waals surface area contributed by atoms with E-state index >= 15 is 0 Å². The summed E-state index contributed by atoms with van der Waals surface area (Å²) >= 11 is 1.36. The molecule has 5 aromatic rings. The molecule has 0 unspecified atom stereocenters. The van der Waals surface area contributed by atoms with E-state index in [0.29, 0.717) is 22.8 Å². The van der Waals surface area contributed by atoms with Gasteiger partial charge in [-0.05, 0) is 67.8 Å². The molecule has 0 fully saturated rings. The van der Waals surface area contributed by atoms with E-state index in [1.165, 1.54) is 40.6 Å². The molecule has 0 spiro atoms. The second-order valence-electron chi connectivity index (χ2n) is 9.73. The van der Waals surface area contributed by atoms with Crippen molar-refractivity contribution < 1.29 is 9.59 Å². The number of thioether (sulfide) groups is 1. The standard InChI is InChI=1S/C32H30N4O2S/c1-20-15-16-29(21(2)17-20)36-30(19-26-12-7-10-24-9-5-6-14-28(24)26)34-35-32(36)39-23(4)31(38)33-27-13-8-11-25(18-27)22(3)37/h5-18,23H,19H2,1-4H3,(H,33,38)/t23-/m1/s1. The van der Waals surface area contributed by atoms with Crippen molar-refractivity contribution in [1.82, 2.24) is 14.8 Å². The third-order valence-electron chi connectivity index (χ3n) is 6.71. The summed E-state index contributed by atoms with van der Waals surface area (Å²) < 4.78 is 2.07. The number of nitrogens with zero attached hydrogens (tertiary/aromatic N) is 3. The molecule has 1 aromatic heterocycles. The smallest absolute Gasteiger partial charge is 0.237 e. The molecule has 1 atom stereocenters. The number of benzene rings is 4. The zero-order valence-corrected chi connectivity index (χ0v) is 23.3. The monoisotopic (exact) mass is 534 g/mol. The van der Waals surface area contributed by atoms with Crippen LogP contribution in [0.3, 0.4) is 0 Å². The maximum atomic E-state index is 13.1. The fourth-order valence-electron chi connectivity index (χ4n) is 4.68. The van der Waals surface area contributed by atoms with Crippen molar-refractivity contribution in [3.63, 3.8) is 0 Å². The van der Waals surface area contributed by atoms with Crippen molar-refractivity contribution in [2.75, 3.05) is 5.32 Å². The molecule has 196 valence electrons. The minimum atomic E-state index is -0.454. The highest BCUT2D eigenvalue weighted by Crippen LogP contribution is 2.30. The average molecular weight is 535 g/mol. The van der Waals surface area contributed by atoms with Crippen LogP contribution in [0.4, 0.5) is 5.69 Å². The highest BCUT2D eigenvalue weighted by atomic mass is 32.2. The minimum Gasteiger partial charge on any atom is -0.325 e. The van der Waals surface area contributed by atoms with Crippen molar-refractivity contribution in [3.05, 3.63) is 113 Å². The Morgan fingerprint density at radius 2 is 1.69 bits per heavy atom. The molecule has 6 nitrogen and oxygen atoms in total. The summed E-state index contributed by atoms with van der Waals surface area (Å²) in [7, 11) is 0. The first kappa shape index (κ1) is 26.4. The lowest BCUT2D eigenvalue weighted by atomic mass is 10.0. The van der Waals surface area contributed by atoms with Crippen LogP contribution in [0, 0.1) is 13.8 Å². The van der Waals surface area contributed by atoms with Gasteiger partial charge in [0.2, 0.25) is 5.91 Å². The van der Waals surface area contributed by atoms with Crippen molar-refractivity contribution in [3.8, 4) is 5.69 Å². The van der Waals surface area contributed by atoms with Gasteiger partial charge in [-0.1, -0.05) is 84.1 Å². The van der Waals surface area contributed by atoms with E-state index in [0.717, 1.165) is 17.1 Å². The van der Waals surface area contributed by atoms with Gasteiger partial charge < -0.3 is 5.32 Å². The van der Waals surface area contributed by atoms with Gasteiger partial charge in [0, 0.05) is 17.7 Å². The van der Waals surface area contributed by atoms with Crippen LogP contribution in [0.5, 0.6) is 0 Å². The third-order valence-corrected chi connectivity index (χ3v) is 7.75. The van der Waals surface area contributed by atoms with Gasteiger partial charge in [0.1, 0.15) is 5.82 Å². The van der Waals surface area contributed by atoms with Crippen LogP contribution in [0.2, 0.25) is 0 Å². The normalized spacial score (nSPS) is 11.9. The molecule has 0 aliphatic rings. The first-order chi connectivity index (χ1) is 18.8. The quantitative estimate of drug-likeness (QED) is 0.172. The molecule has 1 N–H and O–H groups in total. The van der Waals surface area contributed by atoms with E-state index < -0.39 is 5.25 Å². The van der Waals surface area contributed by atoms with Crippen LogP contribution >= 0.6 is 11.8 Å². The Labute approximate surface area is 232 Å². The van der Waals surface area contributed by atoms with Gasteiger partial charge in [-0.2, -0.15) is 0 Å². The second-order valence-corrected chi connectivity index (χ2v) is 11.0. The molecule has 0 saturated heterocycles. The summed E-state index contributed by atoms with van der Waals surface area (Å²) in [5.74, 6) is 0.586. The number of hydrogen-bond acceptors (Lipinski definition) is 5. The van der Waals surface area contributed by atoms with Crippen molar-refractivity contribution in [1.29, 1.82) is 0 Å². The zero-order valence-electron chi connectivity index (χ0n) is 22.4. The Morgan fingerprint density at radius 3 is 2.49 bits per heavy atom. The molecule has 1 amide bonds. The first-order valence-electron chi connectivity index (χ1n) is 12.9. The SMILES string of the molecule is CC(=O)c1cccc(NC(=O)[C@@H](C)Sc2nnc(Cc3cccc4ccccc34)n2-c2ccc(C)cc2C)c1. The number of aromatic nitrogens is 3. The number of fused-ring (bicyclic) bond motifs is 1. The third kappa shape index (κ3) is 5.78. The van der Waals surface area contributed by atoms with E-state index in [4.69, 9.17) is 0 Å². The van der Waals surface area contributed by atoms with Gasteiger partial charge in [0.25, 0.3) is 0 Å². The van der Waals surface area contributed by atoms with Gasteiger partial charge in [-0.25, -0.2) is 0 Å². The van der Waals surface area contributed by atoms with E-state index in [1.54, 1.807) is 24.3 Å². The molecule has 0 radical (unpaired) electrons. The molecule has 4 aromatic carbocycles. The number of hydrogen-bond donors (Lipinski definition) is 1. The fraction of sp³-hybridized carbons (Fsp3) is 0.188. The molecule has 0 aliphatic heterocycles. The summed E-state index contributed by atoms with van der Waals surface area (Å²) in [4.78, 5) is 24.9. The Kier molecular flexibility index (Phi) is 7.61. The van der Waals surface area contributed by atoms with Gasteiger partial charge in [0.15, 0.2) is 10.9 Å². The maximum Gasteiger partial charge on any atom is 0.237 e. The summed E-state index contributed by atoms with van der Waals surface area (Å²) in [5, 5.41) is 14.7. The number of rotatable bonds is 8. The average Bonchev–Trinajstić information content (AvgIpc) is 3.30. The van der Waals surface area contributed by atoms with Crippen LogP contribution in [0.25, 0.3) is 16.5 Å². The second kappa shape index (κ2) is 11.3. The van der Waals surface area contributed by atoms with Crippen molar-refractivity contribution in [2.24, 2.45) is 0 Å². The van der Waals surface area contributed by atoms with Crippen LogP contribution in [-0.4, -0.2) is 31.7 Å². The molecule has 0 aliphatic carbocycles. The Morgan fingerprint density at radius 1 is 0.923 bits per heavy atom. The number of aryl methyl sites for hydroxylation is 2. The highest BCUT2D eigenvalue weighted by Gasteiger charge is 2.23. The van der Waals surface area contributed by atoms with Crippen LogP contribution in [0.1, 0.15) is 46.7 Å². The van der Waals surface area contributed by atoms with E-state index in [-0.39, 0.29) is 11.7 Å². The lowest BCUT2D eigenvalue weighted by Crippen LogP contribution is -2.23. The maximum absolute atomic E-state index is 13.1. The molecule has 0 bridgehead atoms. The number of amides is 1. The Hall–Kier alpha value is -4.23. The van der Waals surface area contributed by atoms with Gasteiger partial charge >= 0.3 is 0 Å². The summed E-state index contributed by atoms with van der Waals surface area (Å²) in [5.41, 5.74) is 5.58. The predicted molar refractivity (Wildman–Crippen MR) is 158 cm³/mol. The van der Waals surface area contributed by atoms with Crippen LogP contribution < -0.4 is 5.32 Å². The summed E-state index contributed by atoms with van der Waals surface area (Å²) in [6.07, 6.45) is 0.598. The zero-order chi connectivity index (χ0) is 27.5. The van der Waals surface area contributed by atoms with E-state index in [9.17, 15) is 9.59 Å². The van der Waals surface area contributed by atoms with E-state index in [2.05, 4.69) is 82.5 Å². The molecule has 39 heavy (non-hydrogen) atoms. The number of Topliss-reactive ketones (excluding diaryl/α,β-unsaturated/α-hetero) is 1. The summed E-state index contributed by atoms with van der Waals surface area (Å²) in [6, 6.07) is 27.9. The number of ketones is 1. The van der Waals surface area contributed by atoms with Gasteiger partial charge in [-0.15, -0.1) is 10.2 Å². The van der Waals surface area contributed by atoms with Gasteiger partial charge in [0.05, 0.1) is 10.9 Å². The topological polar surface area (TPSA) is 76.9 Å². The van der Waals surface area contributed by atoms with Crippen molar-refractivity contribution >= 4 is 39.9 Å². The molecule has 7 heteroatoms. The molecule has 0 saturated carbocycles. The predicted octanol–water partition coefficient (Wildman–Crippen LogP) is 6.95. The van der Waals surface area contributed by atoms with Crippen LogP contribution in [0.15, 0.2) is 90.1 Å². The number of carbonyl (C=O) groups excluding carboxylic acids is 2. The Bertz CT molecular complexity index is 1690. The lowest BCUT2D eigenvalue weighted by molar-refractivity contribution is -0.115. The number of anilines is 1. The number of nitrogens with one attached hydrogen (secondary N) is 1. The molecular formula is C32H30N4O2S. The van der Waals surface area contributed by atoms with Crippen molar-refractivity contribution in [2.45, 2.75) is 44.5 Å². The summed E-state index contributed by atoms with van der Waals surface area (Å²) in [6.45, 7) is 7.51. The largest absolute Gasteiger partial charge is 0.325 e. The number of carbonyl (C=O) groups is 2. The molecular weight excluding hydrogens is 504 g/mol. The molecule has 5 rings (SSSR count). The Balaban J connectivity index is 1.47. The fourth-order valence-corrected chi connectivity index (χ4v) is 5.56.